The van der Waals surface area contributed by atoms with E-state index >= 15 is 0 Å². The van der Waals surface area contributed by atoms with Crippen LogP contribution in [0.5, 0.6) is 5.75 Å². The Hall–Kier alpha value is -3.40. The molecule has 2 aromatic rings. The van der Waals surface area contributed by atoms with E-state index in [0.29, 0.717) is 17.0 Å². The van der Waals surface area contributed by atoms with Gasteiger partial charge in [-0.3, -0.25) is 14.9 Å². The standard InChI is InChI=1S/C16H13N3O4/c1-11(23-15-4-2-3-12(9-15)10-17)16(20)18-13-5-7-14(8-6-13)19(21)22/h2-9,11H,1H3,(H,18,20). The molecule has 0 aliphatic carbocycles. The van der Waals surface area contributed by atoms with Crippen LogP contribution in [0.25, 0.3) is 0 Å². The molecule has 23 heavy (non-hydrogen) atoms. The number of amides is 1. The van der Waals surface area contributed by atoms with Crippen molar-refractivity contribution >= 4 is 17.3 Å². The molecule has 0 bridgehead atoms. The zero-order valence-electron chi connectivity index (χ0n) is 12.2. The van der Waals surface area contributed by atoms with Gasteiger partial charge in [-0.05, 0) is 37.3 Å². The van der Waals surface area contributed by atoms with Crippen LogP contribution in [0.2, 0.25) is 0 Å². The molecule has 0 aromatic heterocycles. The Morgan fingerprint density at radius 1 is 1.30 bits per heavy atom. The van der Waals surface area contributed by atoms with Gasteiger partial charge < -0.3 is 10.1 Å². The first-order valence-corrected chi connectivity index (χ1v) is 6.72. The normalized spacial score (nSPS) is 11.1. The van der Waals surface area contributed by atoms with Crippen molar-refractivity contribution in [1.29, 1.82) is 5.26 Å². The minimum atomic E-state index is -0.792. The summed E-state index contributed by atoms with van der Waals surface area (Å²) in [4.78, 5) is 22.1. The molecule has 0 saturated carbocycles. The van der Waals surface area contributed by atoms with Gasteiger partial charge in [-0.2, -0.15) is 5.26 Å². The number of ether oxygens (including phenoxy) is 1. The van der Waals surface area contributed by atoms with E-state index in [1.54, 1.807) is 25.1 Å². The molecule has 2 rings (SSSR count). The summed E-state index contributed by atoms with van der Waals surface area (Å²) in [5.41, 5.74) is 0.813. The second kappa shape index (κ2) is 7.04. The van der Waals surface area contributed by atoms with Crippen LogP contribution in [0.4, 0.5) is 11.4 Å². The molecule has 2 aromatic carbocycles. The number of nitro groups is 1. The fourth-order valence-corrected chi connectivity index (χ4v) is 1.81. The summed E-state index contributed by atoms with van der Waals surface area (Å²) >= 11 is 0. The largest absolute Gasteiger partial charge is 0.481 e. The Balaban J connectivity index is 1.99. The van der Waals surface area contributed by atoms with Gasteiger partial charge in [-0.15, -0.1) is 0 Å². The van der Waals surface area contributed by atoms with Crippen LogP contribution in [0.15, 0.2) is 48.5 Å². The van der Waals surface area contributed by atoms with Gasteiger partial charge in [0.15, 0.2) is 6.10 Å². The van der Waals surface area contributed by atoms with E-state index in [-0.39, 0.29) is 5.69 Å². The Kier molecular flexibility index (Phi) is 4.89. The highest BCUT2D eigenvalue weighted by Gasteiger charge is 2.15. The number of nitriles is 1. The molecule has 0 fully saturated rings. The number of benzene rings is 2. The molecular formula is C16H13N3O4. The van der Waals surface area contributed by atoms with Crippen molar-refractivity contribution in [2.45, 2.75) is 13.0 Å². The molecule has 0 aliphatic heterocycles. The molecule has 0 radical (unpaired) electrons. The molecule has 0 aliphatic rings. The molecule has 1 atom stereocenters. The van der Waals surface area contributed by atoms with Gasteiger partial charge in [0.1, 0.15) is 5.75 Å². The van der Waals surface area contributed by atoms with Crippen molar-refractivity contribution in [3.05, 3.63) is 64.2 Å². The fraction of sp³-hybridized carbons (Fsp3) is 0.125. The SMILES string of the molecule is CC(Oc1cccc(C#N)c1)C(=O)Nc1ccc([N+](=O)[O-])cc1. The number of hydrogen-bond acceptors (Lipinski definition) is 5. The highest BCUT2D eigenvalue weighted by molar-refractivity contribution is 5.94. The summed E-state index contributed by atoms with van der Waals surface area (Å²) in [7, 11) is 0. The summed E-state index contributed by atoms with van der Waals surface area (Å²) in [5, 5.41) is 22.0. The number of nitrogens with one attached hydrogen (secondary N) is 1. The molecule has 0 spiro atoms. The molecule has 0 saturated heterocycles. The first-order valence-electron chi connectivity index (χ1n) is 6.72. The van der Waals surface area contributed by atoms with Gasteiger partial charge in [0.25, 0.3) is 11.6 Å². The molecule has 7 nitrogen and oxygen atoms in total. The molecule has 1 N–H and O–H groups in total. The zero-order chi connectivity index (χ0) is 16.8. The van der Waals surface area contributed by atoms with Gasteiger partial charge in [-0.1, -0.05) is 6.07 Å². The van der Waals surface area contributed by atoms with Crippen LogP contribution in [-0.4, -0.2) is 16.9 Å². The average molecular weight is 311 g/mol. The van der Waals surface area contributed by atoms with Gasteiger partial charge >= 0.3 is 0 Å². The van der Waals surface area contributed by atoms with Gasteiger partial charge in [-0.25, -0.2) is 0 Å². The predicted octanol–water partition coefficient (Wildman–Crippen LogP) is 2.87. The quantitative estimate of drug-likeness (QED) is 0.675. The zero-order valence-corrected chi connectivity index (χ0v) is 12.2. The molecular weight excluding hydrogens is 298 g/mol. The van der Waals surface area contributed by atoms with Gasteiger partial charge in [0.2, 0.25) is 0 Å². The first-order chi connectivity index (χ1) is 11.0. The van der Waals surface area contributed by atoms with Crippen molar-refractivity contribution in [2.75, 3.05) is 5.32 Å². The minimum absolute atomic E-state index is 0.0550. The van der Waals surface area contributed by atoms with Crippen LogP contribution >= 0.6 is 0 Å². The number of non-ortho nitro benzene ring substituents is 1. The fourth-order valence-electron chi connectivity index (χ4n) is 1.81. The van der Waals surface area contributed by atoms with E-state index in [4.69, 9.17) is 10.00 Å². The van der Waals surface area contributed by atoms with Crippen LogP contribution in [0.3, 0.4) is 0 Å². The third-order valence-corrected chi connectivity index (χ3v) is 2.99. The molecule has 7 heteroatoms. The van der Waals surface area contributed by atoms with Gasteiger partial charge in [0.05, 0.1) is 16.6 Å². The summed E-state index contributed by atoms with van der Waals surface area (Å²) < 4.78 is 5.48. The van der Waals surface area contributed by atoms with Crippen molar-refractivity contribution in [3.8, 4) is 11.8 Å². The van der Waals surface area contributed by atoms with Crippen LogP contribution < -0.4 is 10.1 Å². The van der Waals surface area contributed by atoms with E-state index in [2.05, 4.69) is 5.32 Å². The van der Waals surface area contributed by atoms with Crippen molar-refractivity contribution in [3.63, 3.8) is 0 Å². The van der Waals surface area contributed by atoms with Crippen LogP contribution in [0, 0.1) is 21.4 Å². The maximum atomic E-state index is 12.1. The Morgan fingerprint density at radius 2 is 2.00 bits per heavy atom. The highest BCUT2D eigenvalue weighted by Crippen LogP contribution is 2.17. The van der Waals surface area contributed by atoms with Crippen molar-refractivity contribution < 1.29 is 14.5 Å². The highest BCUT2D eigenvalue weighted by atomic mass is 16.6. The number of rotatable bonds is 5. The monoisotopic (exact) mass is 311 g/mol. The second-order valence-electron chi connectivity index (χ2n) is 4.69. The molecule has 0 heterocycles. The number of carbonyl (C=O) groups is 1. The van der Waals surface area contributed by atoms with Crippen LogP contribution in [0.1, 0.15) is 12.5 Å². The molecule has 116 valence electrons. The first kappa shape index (κ1) is 16.0. The topological polar surface area (TPSA) is 105 Å². The summed E-state index contributed by atoms with van der Waals surface area (Å²) in [6.07, 6.45) is -0.792. The lowest BCUT2D eigenvalue weighted by Crippen LogP contribution is -2.30. The lowest BCUT2D eigenvalue weighted by Gasteiger charge is -2.14. The Morgan fingerprint density at radius 3 is 2.61 bits per heavy atom. The van der Waals surface area contributed by atoms with Crippen molar-refractivity contribution in [2.24, 2.45) is 0 Å². The molecule has 1 amide bonds. The summed E-state index contributed by atoms with van der Waals surface area (Å²) in [6, 6.07) is 14.0. The van der Waals surface area contributed by atoms with E-state index < -0.39 is 16.9 Å². The van der Waals surface area contributed by atoms with E-state index in [0.717, 1.165) is 0 Å². The Labute approximate surface area is 132 Å². The van der Waals surface area contributed by atoms with Gasteiger partial charge in [0, 0.05) is 17.8 Å². The number of nitrogens with zero attached hydrogens (tertiary/aromatic N) is 2. The van der Waals surface area contributed by atoms with E-state index in [9.17, 15) is 14.9 Å². The third kappa shape index (κ3) is 4.28. The van der Waals surface area contributed by atoms with Crippen molar-refractivity contribution in [1.82, 2.24) is 0 Å². The maximum Gasteiger partial charge on any atom is 0.269 e. The maximum absolute atomic E-state index is 12.1. The number of nitro benzene ring substituents is 1. The lowest BCUT2D eigenvalue weighted by molar-refractivity contribution is -0.384. The number of anilines is 1. The molecule has 1 unspecified atom stereocenters. The average Bonchev–Trinajstić information content (AvgIpc) is 2.55. The lowest BCUT2D eigenvalue weighted by atomic mass is 10.2. The summed E-state index contributed by atoms with van der Waals surface area (Å²) in [5.74, 6) is 0.0108. The van der Waals surface area contributed by atoms with E-state index in [1.807, 2.05) is 6.07 Å². The van der Waals surface area contributed by atoms with Crippen LogP contribution in [-0.2, 0) is 4.79 Å². The number of hydrogen-bond donors (Lipinski definition) is 1. The third-order valence-electron chi connectivity index (χ3n) is 2.99. The van der Waals surface area contributed by atoms with E-state index in [1.165, 1.54) is 30.3 Å². The Bertz CT molecular complexity index is 766. The smallest absolute Gasteiger partial charge is 0.269 e. The second-order valence-corrected chi connectivity index (χ2v) is 4.69. The predicted molar refractivity (Wildman–Crippen MR) is 83.0 cm³/mol. The number of carbonyl (C=O) groups excluding carboxylic acids is 1. The minimum Gasteiger partial charge on any atom is -0.481 e. The summed E-state index contributed by atoms with van der Waals surface area (Å²) in [6.45, 7) is 1.57.